The molecule has 3 aliphatic carbocycles. The number of carbonyl (C=O) groups excluding carboxylic acids is 2. The number of ether oxygens (including phenoxy) is 2. The van der Waals surface area contributed by atoms with Crippen LogP contribution in [0.15, 0.2) is 11.6 Å². The second-order valence-corrected chi connectivity index (χ2v) is 7.27. The van der Waals surface area contributed by atoms with Crippen LogP contribution in [0.5, 0.6) is 0 Å². The average Bonchev–Trinajstić information content (AvgIpc) is 2.45. The lowest BCUT2D eigenvalue weighted by molar-refractivity contribution is -0.202. The molecule has 0 aromatic rings. The summed E-state index contributed by atoms with van der Waals surface area (Å²) in [5.74, 6) is 0.931. The van der Waals surface area contributed by atoms with Gasteiger partial charge in [0.05, 0.1) is 11.5 Å². The molecule has 1 aliphatic heterocycles. The van der Waals surface area contributed by atoms with Gasteiger partial charge in [-0.3, -0.25) is 9.59 Å². The Morgan fingerprint density at radius 2 is 2.19 bits per heavy atom. The molecule has 0 N–H and O–H groups in total. The van der Waals surface area contributed by atoms with Crippen LogP contribution >= 0.6 is 0 Å². The van der Waals surface area contributed by atoms with E-state index in [1.165, 1.54) is 12.5 Å². The molecule has 0 amide bonds. The summed E-state index contributed by atoms with van der Waals surface area (Å²) in [6, 6.07) is 0. The molecular weight excluding hydrogens is 268 g/mol. The number of hydrogen-bond donors (Lipinski definition) is 0. The minimum Gasteiger partial charge on any atom is -0.435 e. The van der Waals surface area contributed by atoms with Crippen LogP contribution < -0.4 is 0 Å². The molecule has 0 aromatic heterocycles. The van der Waals surface area contributed by atoms with Gasteiger partial charge in [0, 0.05) is 25.7 Å². The molecule has 21 heavy (non-hydrogen) atoms. The van der Waals surface area contributed by atoms with Crippen LogP contribution in [0.25, 0.3) is 0 Å². The van der Waals surface area contributed by atoms with E-state index in [2.05, 4.69) is 26.8 Å². The smallest absolute Gasteiger partial charge is 0.304 e. The van der Waals surface area contributed by atoms with E-state index in [4.69, 9.17) is 9.47 Å². The van der Waals surface area contributed by atoms with Gasteiger partial charge < -0.3 is 9.47 Å². The second-order valence-electron chi connectivity index (χ2n) is 7.27. The lowest BCUT2D eigenvalue weighted by Crippen LogP contribution is -2.57. The van der Waals surface area contributed by atoms with Gasteiger partial charge in [-0.25, -0.2) is 0 Å². The Kier molecular flexibility index (Phi) is 3.47. The molecule has 4 nitrogen and oxygen atoms in total. The summed E-state index contributed by atoms with van der Waals surface area (Å²) in [6.07, 6.45) is 3.70. The van der Waals surface area contributed by atoms with Crippen LogP contribution in [0.1, 0.15) is 47.0 Å². The number of Topliss-reactive ketones (excluding diaryl/α,β-unsaturated/α-hetero) is 1. The maximum Gasteiger partial charge on any atom is 0.304 e. The quantitative estimate of drug-likeness (QED) is 0.577. The molecule has 5 unspecified atom stereocenters. The molecule has 1 saturated carbocycles. The van der Waals surface area contributed by atoms with Gasteiger partial charge in [-0.15, -0.1) is 0 Å². The summed E-state index contributed by atoms with van der Waals surface area (Å²) in [7, 11) is 0. The number of rotatable bonds is 5. The summed E-state index contributed by atoms with van der Waals surface area (Å²) < 4.78 is 11.4. The molecule has 1 saturated heterocycles. The van der Waals surface area contributed by atoms with E-state index in [0.717, 1.165) is 6.42 Å². The Bertz CT molecular complexity index is 507. The van der Waals surface area contributed by atoms with Crippen molar-refractivity contribution in [3.63, 3.8) is 0 Å². The standard InChI is InChI=1S/C17H24O4/c1-9(2)5-12(19)8-17-13-7-14(17)15(6-10(13)3)21-16(17)20-11(4)18/h6,9,13-16H,5,7-8H2,1-4H3. The molecule has 0 radical (unpaired) electrons. The van der Waals surface area contributed by atoms with Crippen molar-refractivity contribution >= 4 is 11.8 Å². The van der Waals surface area contributed by atoms with Gasteiger partial charge in [-0.1, -0.05) is 25.5 Å². The Balaban J connectivity index is 1.86. The van der Waals surface area contributed by atoms with Crippen molar-refractivity contribution in [3.05, 3.63) is 11.6 Å². The maximum atomic E-state index is 12.4. The zero-order chi connectivity index (χ0) is 15.4. The van der Waals surface area contributed by atoms with Crippen molar-refractivity contribution in [2.75, 3.05) is 0 Å². The maximum absolute atomic E-state index is 12.4. The van der Waals surface area contributed by atoms with Gasteiger partial charge in [0.1, 0.15) is 5.78 Å². The van der Waals surface area contributed by atoms with Crippen LogP contribution in [0.3, 0.4) is 0 Å². The molecule has 0 spiro atoms. The highest BCUT2D eigenvalue weighted by molar-refractivity contribution is 5.80. The Labute approximate surface area is 125 Å². The van der Waals surface area contributed by atoms with Crippen molar-refractivity contribution < 1.29 is 19.1 Å². The Morgan fingerprint density at radius 3 is 2.76 bits per heavy atom. The highest BCUT2D eigenvalue weighted by atomic mass is 16.7. The summed E-state index contributed by atoms with van der Waals surface area (Å²) in [5.41, 5.74) is 0.982. The summed E-state index contributed by atoms with van der Waals surface area (Å²) in [4.78, 5) is 23.8. The highest BCUT2D eigenvalue weighted by Crippen LogP contribution is 2.68. The average molecular weight is 292 g/mol. The van der Waals surface area contributed by atoms with Gasteiger partial charge in [0.25, 0.3) is 0 Å². The van der Waals surface area contributed by atoms with E-state index in [9.17, 15) is 9.59 Å². The lowest BCUT2D eigenvalue weighted by atomic mass is 9.46. The molecule has 0 aromatic carbocycles. The molecule has 1 heterocycles. The number of esters is 1. The first kappa shape index (κ1) is 14.8. The van der Waals surface area contributed by atoms with Gasteiger partial charge in [0.2, 0.25) is 6.29 Å². The van der Waals surface area contributed by atoms with Gasteiger partial charge in [-0.05, 0) is 25.2 Å². The second kappa shape index (κ2) is 4.94. The van der Waals surface area contributed by atoms with Crippen molar-refractivity contribution in [1.82, 2.24) is 0 Å². The van der Waals surface area contributed by atoms with Crippen LogP contribution in [-0.2, 0) is 19.1 Å². The van der Waals surface area contributed by atoms with Crippen LogP contribution in [-0.4, -0.2) is 24.1 Å². The number of ketones is 1. The van der Waals surface area contributed by atoms with E-state index >= 15 is 0 Å². The fraction of sp³-hybridized carbons (Fsp3) is 0.765. The molecule has 5 atom stereocenters. The minimum absolute atomic E-state index is 0.00574. The van der Waals surface area contributed by atoms with E-state index in [1.807, 2.05) is 0 Å². The first-order chi connectivity index (χ1) is 9.84. The van der Waals surface area contributed by atoms with E-state index in [-0.39, 0.29) is 23.3 Å². The van der Waals surface area contributed by atoms with Crippen molar-refractivity contribution in [1.29, 1.82) is 0 Å². The molecule has 4 rings (SSSR count). The SMILES string of the molecule is CC(=O)OC1OC2C=C(C)C3CC2C13CC(=O)CC(C)C. The topological polar surface area (TPSA) is 52.6 Å². The monoisotopic (exact) mass is 292 g/mol. The molecule has 116 valence electrons. The van der Waals surface area contributed by atoms with Crippen molar-refractivity contribution in [2.24, 2.45) is 23.2 Å². The summed E-state index contributed by atoms with van der Waals surface area (Å²) >= 11 is 0. The Hall–Kier alpha value is -1.16. The van der Waals surface area contributed by atoms with E-state index < -0.39 is 6.29 Å². The predicted octanol–water partition coefficient (Wildman–Crippen LogP) is 2.86. The van der Waals surface area contributed by atoms with Crippen LogP contribution in [0.2, 0.25) is 0 Å². The van der Waals surface area contributed by atoms with Gasteiger partial charge in [-0.2, -0.15) is 0 Å². The third kappa shape index (κ3) is 2.15. The first-order valence-electron chi connectivity index (χ1n) is 7.87. The van der Waals surface area contributed by atoms with Crippen molar-refractivity contribution in [2.45, 2.75) is 59.4 Å². The molecule has 4 bridgehead atoms. The zero-order valence-corrected chi connectivity index (χ0v) is 13.2. The summed E-state index contributed by atoms with van der Waals surface area (Å²) in [5, 5.41) is 0. The predicted molar refractivity (Wildman–Crippen MR) is 77.3 cm³/mol. The molecule has 4 heteroatoms. The van der Waals surface area contributed by atoms with E-state index in [0.29, 0.717) is 30.6 Å². The minimum atomic E-state index is -0.562. The van der Waals surface area contributed by atoms with Gasteiger partial charge >= 0.3 is 5.97 Å². The zero-order valence-electron chi connectivity index (χ0n) is 13.2. The fourth-order valence-electron chi connectivity index (χ4n) is 4.57. The number of hydrogen-bond acceptors (Lipinski definition) is 4. The lowest BCUT2D eigenvalue weighted by Gasteiger charge is -2.56. The number of carbonyl (C=O) groups is 2. The largest absolute Gasteiger partial charge is 0.435 e. The fourth-order valence-corrected chi connectivity index (χ4v) is 4.57. The third-order valence-electron chi connectivity index (χ3n) is 5.33. The first-order valence-corrected chi connectivity index (χ1v) is 7.87. The highest BCUT2D eigenvalue weighted by Gasteiger charge is 2.71. The van der Waals surface area contributed by atoms with Gasteiger partial charge in [0.15, 0.2) is 0 Å². The van der Waals surface area contributed by atoms with E-state index in [1.54, 1.807) is 0 Å². The third-order valence-corrected chi connectivity index (χ3v) is 5.33. The van der Waals surface area contributed by atoms with Crippen LogP contribution in [0, 0.1) is 23.2 Å². The van der Waals surface area contributed by atoms with Crippen LogP contribution in [0.4, 0.5) is 0 Å². The summed E-state index contributed by atoms with van der Waals surface area (Å²) in [6.45, 7) is 7.62. The normalized spacial score (nSPS) is 39.8. The molecule has 4 aliphatic rings. The number of allylic oxidation sites excluding steroid dienone is 1. The van der Waals surface area contributed by atoms with Crippen molar-refractivity contribution in [3.8, 4) is 0 Å². The molecular formula is C17H24O4. The Morgan fingerprint density at radius 1 is 1.48 bits per heavy atom. The molecule has 2 fully saturated rings.